The van der Waals surface area contributed by atoms with Gasteiger partial charge in [0.1, 0.15) is 5.84 Å². The summed E-state index contributed by atoms with van der Waals surface area (Å²) in [6, 6.07) is 25.9. The van der Waals surface area contributed by atoms with Crippen molar-refractivity contribution in [1.82, 2.24) is 5.32 Å². The summed E-state index contributed by atoms with van der Waals surface area (Å²) in [6.45, 7) is 4.28. The molecule has 0 atom stereocenters. The first kappa shape index (κ1) is 33.1. The van der Waals surface area contributed by atoms with Gasteiger partial charge in [-0.2, -0.15) is 0 Å². The number of anilines is 2. The first-order valence-electron chi connectivity index (χ1n) is 13.5. The van der Waals surface area contributed by atoms with Crippen molar-refractivity contribution < 1.29 is 9.53 Å². The number of nitrogen functional groups attached to an aromatic ring is 1. The highest BCUT2D eigenvalue weighted by molar-refractivity contribution is 5.97. The maximum Gasteiger partial charge on any atom is 0.243 e. The number of amides is 1. The number of nitrogens with two attached hydrogens (primary N) is 1. The van der Waals surface area contributed by atoms with Gasteiger partial charge < -0.3 is 26.0 Å². The van der Waals surface area contributed by atoms with E-state index in [2.05, 4.69) is 34.9 Å². The Bertz CT molecular complexity index is 1170. The van der Waals surface area contributed by atoms with Crippen molar-refractivity contribution in [2.24, 2.45) is 5.73 Å². The fourth-order valence-corrected chi connectivity index (χ4v) is 4.81. The van der Waals surface area contributed by atoms with Crippen LogP contribution in [0.25, 0.3) is 0 Å². The van der Waals surface area contributed by atoms with E-state index in [0.29, 0.717) is 31.2 Å². The number of unbranched alkanes of at least 4 members (excludes halogenated alkanes) is 1. The minimum absolute atomic E-state index is 0. The van der Waals surface area contributed by atoms with Crippen molar-refractivity contribution in [1.29, 1.82) is 5.41 Å². The Labute approximate surface area is 250 Å². The van der Waals surface area contributed by atoms with Crippen LogP contribution in [0.2, 0.25) is 0 Å². The van der Waals surface area contributed by atoms with Gasteiger partial charge in [0.05, 0.1) is 13.2 Å². The third kappa shape index (κ3) is 10.5. The Morgan fingerprint density at radius 2 is 1.70 bits per heavy atom. The molecule has 4 rings (SSSR count). The summed E-state index contributed by atoms with van der Waals surface area (Å²) < 4.78 is 5.83. The van der Waals surface area contributed by atoms with Gasteiger partial charge in [-0.15, -0.1) is 24.8 Å². The van der Waals surface area contributed by atoms with E-state index in [0.717, 1.165) is 55.7 Å². The van der Waals surface area contributed by atoms with Crippen LogP contribution in [-0.4, -0.2) is 44.5 Å². The van der Waals surface area contributed by atoms with Gasteiger partial charge in [0.15, 0.2) is 0 Å². The average Bonchev–Trinajstić information content (AvgIpc) is 2.95. The highest BCUT2D eigenvalue weighted by atomic mass is 35.5. The van der Waals surface area contributed by atoms with Gasteiger partial charge in [0.25, 0.3) is 0 Å². The Balaban J connectivity index is 0.00000280. The predicted molar refractivity (Wildman–Crippen MR) is 169 cm³/mol. The molecular weight excluding hydrogens is 545 g/mol. The molecule has 3 aromatic carbocycles. The molecule has 1 heterocycles. The highest BCUT2D eigenvalue weighted by Gasteiger charge is 2.16. The summed E-state index contributed by atoms with van der Waals surface area (Å²) in [7, 11) is 0. The summed E-state index contributed by atoms with van der Waals surface area (Å²) in [5.74, 6) is 0.522. The highest BCUT2D eigenvalue weighted by Crippen LogP contribution is 2.26. The van der Waals surface area contributed by atoms with Crippen LogP contribution in [0.5, 0.6) is 0 Å². The van der Waals surface area contributed by atoms with E-state index in [1.165, 1.54) is 5.56 Å². The molecule has 1 aliphatic heterocycles. The topological polar surface area (TPSA) is 103 Å². The lowest BCUT2D eigenvalue weighted by Gasteiger charge is -2.25. The van der Waals surface area contributed by atoms with Crippen molar-refractivity contribution in [2.45, 2.75) is 38.2 Å². The van der Waals surface area contributed by atoms with Gasteiger partial charge >= 0.3 is 0 Å². The van der Waals surface area contributed by atoms with Gasteiger partial charge in [0, 0.05) is 30.1 Å². The molecule has 1 fully saturated rings. The van der Waals surface area contributed by atoms with E-state index in [4.69, 9.17) is 15.9 Å². The SMILES string of the molecule is Cl.Cl.N=C(N)c1cccc(N(CCCCOCc2ccccc2)CC(=O)Nc2ccc(C3CCNCC3)cc2)c1. The molecule has 0 saturated carbocycles. The summed E-state index contributed by atoms with van der Waals surface area (Å²) in [5.41, 5.74) is 10.5. The number of rotatable bonds is 13. The number of ether oxygens (including phenoxy) is 1. The summed E-state index contributed by atoms with van der Waals surface area (Å²) in [6.07, 6.45) is 4.06. The van der Waals surface area contributed by atoms with Crippen molar-refractivity contribution in [3.05, 3.63) is 95.6 Å². The smallest absolute Gasteiger partial charge is 0.243 e. The Kier molecular flexibility index (Phi) is 14.5. The lowest BCUT2D eigenvalue weighted by Crippen LogP contribution is -2.34. The third-order valence-corrected chi connectivity index (χ3v) is 6.94. The molecule has 0 aliphatic carbocycles. The largest absolute Gasteiger partial charge is 0.384 e. The number of benzene rings is 3. The van der Waals surface area contributed by atoms with Gasteiger partial charge in [-0.1, -0.05) is 54.6 Å². The normalized spacial score (nSPS) is 13.0. The second-order valence-corrected chi connectivity index (χ2v) is 9.83. The van der Waals surface area contributed by atoms with E-state index in [1.807, 2.05) is 59.5 Å². The number of nitrogens with zero attached hydrogens (tertiary/aromatic N) is 1. The zero-order chi connectivity index (χ0) is 26.6. The molecule has 1 aliphatic rings. The number of amidine groups is 1. The molecule has 0 radical (unpaired) electrons. The van der Waals surface area contributed by atoms with E-state index < -0.39 is 0 Å². The molecule has 1 amide bonds. The number of carbonyl (C=O) groups is 1. The molecular formula is C31H41Cl2N5O2. The van der Waals surface area contributed by atoms with E-state index in [1.54, 1.807) is 0 Å². The van der Waals surface area contributed by atoms with Crippen molar-refractivity contribution >= 4 is 47.9 Å². The molecule has 7 nitrogen and oxygen atoms in total. The van der Waals surface area contributed by atoms with Gasteiger partial charge in [-0.25, -0.2) is 0 Å². The monoisotopic (exact) mass is 585 g/mol. The number of nitrogens with one attached hydrogen (secondary N) is 3. The van der Waals surface area contributed by atoms with Crippen LogP contribution < -0.4 is 21.3 Å². The Morgan fingerprint density at radius 1 is 0.975 bits per heavy atom. The Hall–Kier alpha value is -3.10. The molecule has 1 saturated heterocycles. The predicted octanol–water partition coefficient (Wildman–Crippen LogP) is 5.72. The van der Waals surface area contributed by atoms with Crippen LogP contribution in [0.15, 0.2) is 78.9 Å². The quantitative estimate of drug-likeness (QED) is 0.117. The summed E-state index contributed by atoms with van der Waals surface area (Å²) >= 11 is 0. The molecule has 3 aromatic rings. The first-order valence-corrected chi connectivity index (χ1v) is 13.5. The van der Waals surface area contributed by atoms with E-state index in [-0.39, 0.29) is 43.1 Å². The zero-order valence-electron chi connectivity index (χ0n) is 22.8. The lowest BCUT2D eigenvalue weighted by molar-refractivity contribution is -0.115. The second kappa shape index (κ2) is 17.6. The molecule has 9 heteroatoms. The molecule has 0 aromatic heterocycles. The van der Waals surface area contributed by atoms with Crippen LogP contribution in [0.1, 0.15) is 48.3 Å². The minimum Gasteiger partial charge on any atom is -0.384 e. The standard InChI is InChI=1S/C31H39N5O2.2ClH/c32-31(33)27-9-6-10-29(21-27)36(19-4-5-20-38-23-24-7-2-1-3-8-24)22-30(37)35-28-13-11-25(12-14-28)26-15-17-34-18-16-26;;/h1-3,6-14,21,26,34H,4-5,15-20,22-23H2,(H3,32,33)(H,35,37);2*1H. The zero-order valence-corrected chi connectivity index (χ0v) is 24.4. The number of hydrogen-bond acceptors (Lipinski definition) is 5. The molecule has 0 unspecified atom stereocenters. The number of hydrogen-bond donors (Lipinski definition) is 4. The summed E-state index contributed by atoms with van der Waals surface area (Å²) in [4.78, 5) is 15.1. The first-order chi connectivity index (χ1) is 18.6. The molecule has 0 spiro atoms. The van der Waals surface area contributed by atoms with Crippen LogP contribution in [0.3, 0.4) is 0 Å². The Morgan fingerprint density at radius 3 is 2.40 bits per heavy atom. The van der Waals surface area contributed by atoms with Gasteiger partial charge in [-0.05, 0) is 80.1 Å². The van der Waals surface area contributed by atoms with E-state index >= 15 is 0 Å². The third-order valence-electron chi connectivity index (χ3n) is 6.94. The van der Waals surface area contributed by atoms with Crippen molar-refractivity contribution in [3.8, 4) is 0 Å². The molecule has 216 valence electrons. The minimum atomic E-state index is -0.0758. The van der Waals surface area contributed by atoms with Crippen LogP contribution in [0, 0.1) is 5.41 Å². The van der Waals surface area contributed by atoms with Crippen LogP contribution in [0.4, 0.5) is 11.4 Å². The second-order valence-electron chi connectivity index (χ2n) is 9.83. The number of halogens is 2. The summed E-state index contributed by atoms with van der Waals surface area (Å²) in [5, 5.41) is 14.3. The molecule has 5 N–H and O–H groups in total. The maximum absolute atomic E-state index is 13.0. The molecule has 0 bridgehead atoms. The van der Waals surface area contributed by atoms with Crippen molar-refractivity contribution in [2.75, 3.05) is 43.0 Å². The lowest BCUT2D eigenvalue weighted by atomic mass is 9.90. The molecule has 40 heavy (non-hydrogen) atoms. The fourth-order valence-electron chi connectivity index (χ4n) is 4.81. The van der Waals surface area contributed by atoms with Crippen molar-refractivity contribution in [3.63, 3.8) is 0 Å². The number of carbonyl (C=O) groups excluding carboxylic acids is 1. The van der Waals surface area contributed by atoms with E-state index in [9.17, 15) is 4.79 Å². The fraction of sp³-hybridized carbons (Fsp3) is 0.355. The van der Waals surface area contributed by atoms with Gasteiger partial charge in [-0.3, -0.25) is 10.2 Å². The van der Waals surface area contributed by atoms with Gasteiger partial charge in [0.2, 0.25) is 5.91 Å². The average molecular weight is 587 g/mol. The van der Waals surface area contributed by atoms with Crippen LogP contribution >= 0.6 is 24.8 Å². The maximum atomic E-state index is 13.0. The number of piperidine rings is 1. The van der Waals surface area contributed by atoms with Crippen LogP contribution in [-0.2, 0) is 16.1 Å².